The SMILES string of the molecule is C[SH]1C(N2CC(CO)C2)=Nc2cc(C(=O)O)c(NC(=O)c3cccc(C(F)(F)F)n3)cc21. The number of aromatic carboxylic acids is 1. The number of nitrogens with zero attached hydrogens (tertiary/aromatic N) is 3. The number of aromatic nitrogens is 1. The van der Waals surface area contributed by atoms with Gasteiger partial charge in [0, 0.05) is 30.5 Å². The number of aliphatic imine (C=N–C) groups is 1. The lowest BCUT2D eigenvalue weighted by molar-refractivity contribution is -0.141. The van der Waals surface area contributed by atoms with Crippen molar-refractivity contribution in [1.82, 2.24) is 9.88 Å². The monoisotopic (exact) mass is 468 g/mol. The number of thiol groups is 1. The number of hydrogen-bond donors (Lipinski definition) is 4. The van der Waals surface area contributed by atoms with Gasteiger partial charge in [-0.2, -0.15) is 24.1 Å². The molecule has 2 aliphatic heterocycles. The van der Waals surface area contributed by atoms with E-state index in [1.54, 1.807) is 0 Å². The van der Waals surface area contributed by atoms with Crippen molar-refractivity contribution in [2.45, 2.75) is 11.1 Å². The summed E-state index contributed by atoms with van der Waals surface area (Å²) in [6.45, 7) is 1.40. The second-order valence-corrected chi connectivity index (χ2v) is 9.48. The first-order valence-corrected chi connectivity index (χ1v) is 11.3. The molecule has 2 aliphatic rings. The van der Waals surface area contributed by atoms with E-state index in [1.165, 1.54) is 12.1 Å². The van der Waals surface area contributed by atoms with Crippen LogP contribution in [-0.2, 0) is 6.18 Å². The average Bonchev–Trinajstić information content (AvgIpc) is 3.01. The van der Waals surface area contributed by atoms with Crippen LogP contribution in [0.5, 0.6) is 0 Å². The standard InChI is InChI=1S/C20H19F3N4O4S/c1-32-15-6-13(25-17(29)12-3-2-4-16(24-12)20(21,22)23)11(18(30)31)5-14(15)26-19(32)27-7-10(8-27)9-28/h2-6,10,28,32H,7-9H2,1H3,(H,25,29)(H,30,31). The van der Waals surface area contributed by atoms with Crippen LogP contribution in [0.3, 0.4) is 0 Å². The molecule has 0 bridgehead atoms. The maximum absolute atomic E-state index is 12.9. The number of alkyl halides is 3. The Hall–Kier alpha value is -3.12. The van der Waals surface area contributed by atoms with E-state index in [4.69, 9.17) is 0 Å². The number of aliphatic hydroxyl groups is 1. The minimum atomic E-state index is -4.71. The van der Waals surface area contributed by atoms with Gasteiger partial charge in [-0.15, -0.1) is 0 Å². The molecule has 2 aromatic rings. The lowest BCUT2D eigenvalue weighted by atomic mass is 10.0. The summed E-state index contributed by atoms with van der Waals surface area (Å²) < 4.78 is 38.7. The predicted octanol–water partition coefficient (Wildman–Crippen LogP) is 2.97. The predicted molar refractivity (Wildman–Crippen MR) is 113 cm³/mol. The Balaban J connectivity index is 1.62. The molecule has 4 rings (SSSR count). The van der Waals surface area contributed by atoms with Crippen LogP contribution in [0.15, 0.2) is 40.2 Å². The number of nitrogens with one attached hydrogen (secondary N) is 1. The molecule has 1 atom stereocenters. The van der Waals surface area contributed by atoms with E-state index in [0.717, 1.165) is 28.3 Å². The van der Waals surface area contributed by atoms with Crippen LogP contribution < -0.4 is 5.32 Å². The third-order valence-corrected chi connectivity index (χ3v) is 7.31. The van der Waals surface area contributed by atoms with Crippen LogP contribution in [0.25, 0.3) is 0 Å². The van der Waals surface area contributed by atoms with Gasteiger partial charge in [0.25, 0.3) is 5.91 Å². The number of anilines is 1. The fourth-order valence-corrected chi connectivity index (χ4v) is 5.38. The first kappa shape index (κ1) is 22.1. The molecule has 1 aromatic carbocycles. The van der Waals surface area contributed by atoms with Crippen molar-refractivity contribution < 1.29 is 33.0 Å². The van der Waals surface area contributed by atoms with Crippen LogP contribution in [-0.4, -0.2) is 63.1 Å². The summed E-state index contributed by atoms with van der Waals surface area (Å²) in [5, 5.41) is 22.0. The van der Waals surface area contributed by atoms with Crippen molar-refractivity contribution in [3.8, 4) is 0 Å². The lowest BCUT2D eigenvalue weighted by Crippen LogP contribution is -2.50. The molecule has 0 aliphatic carbocycles. The topological polar surface area (TPSA) is 115 Å². The third kappa shape index (κ3) is 4.02. The van der Waals surface area contributed by atoms with Crippen LogP contribution in [0.1, 0.15) is 26.5 Å². The number of amides is 1. The normalized spacial score (nSPS) is 19.2. The molecule has 0 saturated carbocycles. The molecule has 12 heteroatoms. The maximum Gasteiger partial charge on any atom is 0.433 e. The first-order valence-electron chi connectivity index (χ1n) is 9.53. The Morgan fingerprint density at radius 2 is 2.00 bits per heavy atom. The summed E-state index contributed by atoms with van der Waals surface area (Å²) in [5.74, 6) is -2.09. The summed E-state index contributed by atoms with van der Waals surface area (Å²) in [6.07, 6.45) is -2.76. The molecule has 1 aromatic heterocycles. The number of carboxylic acid groups (broad SMARTS) is 1. The zero-order chi connectivity index (χ0) is 23.2. The van der Waals surface area contributed by atoms with Crippen LogP contribution in [0, 0.1) is 5.92 Å². The molecule has 8 nitrogen and oxygen atoms in total. The Labute approximate surface area is 183 Å². The number of fused-ring (bicyclic) bond motifs is 1. The molecular formula is C20H19F3N4O4S. The molecule has 3 heterocycles. The molecule has 0 spiro atoms. The second kappa shape index (κ2) is 8.10. The molecule has 1 amide bonds. The van der Waals surface area contributed by atoms with Crippen LogP contribution in [0.4, 0.5) is 24.5 Å². The van der Waals surface area contributed by atoms with Crippen molar-refractivity contribution in [2.75, 3.05) is 31.3 Å². The molecule has 3 N–H and O–H groups in total. The highest BCUT2D eigenvalue weighted by molar-refractivity contribution is 8.29. The van der Waals surface area contributed by atoms with Crippen LogP contribution in [0.2, 0.25) is 0 Å². The number of hydrogen-bond acceptors (Lipinski definition) is 6. The first-order chi connectivity index (χ1) is 15.1. The van der Waals surface area contributed by atoms with E-state index in [9.17, 15) is 33.0 Å². The highest BCUT2D eigenvalue weighted by Crippen LogP contribution is 2.51. The van der Waals surface area contributed by atoms with Gasteiger partial charge in [-0.1, -0.05) is 6.07 Å². The van der Waals surface area contributed by atoms with Gasteiger partial charge in [-0.25, -0.2) is 14.8 Å². The summed E-state index contributed by atoms with van der Waals surface area (Å²) in [4.78, 5) is 35.0. The van der Waals surface area contributed by atoms with Crippen LogP contribution >= 0.6 is 10.9 Å². The maximum atomic E-state index is 12.9. The van der Waals surface area contributed by atoms with Crippen molar-refractivity contribution in [2.24, 2.45) is 10.9 Å². The number of benzene rings is 1. The van der Waals surface area contributed by atoms with Gasteiger partial charge in [0.2, 0.25) is 0 Å². The molecule has 1 fully saturated rings. The van der Waals surface area contributed by atoms with Crippen molar-refractivity contribution in [3.63, 3.8) is 0 Å². The second-order valence-electron chi connectivity index (χ2n) is 7.48. The lowest BCUT2D eigenvalue weighted by Gasteiger charge is -2.41. The van der Waals surface area contributed by atoms with E-state index in [1.807, 2.05) is 11.2 Å². The quantitative estimate of drug-likeness (QED) is 0.513. The number of halogens is 3. The number of likely N-dealkylation sites (tertiary alicyclic amines) is 1. The average molecular weight is 468 g/mol. The van der Waals surface area contributed by atoms with Gasteiger partial charge in [0.15, 0.2) is 0 Å². The van der Waals surface area contributed by atoms with Crippen molar-refractivity contribution in [1.29, 1.82) is 0 Å². The van der Waals surface area contributed by atoms with Gasteiger partial charge in [0.05, 0.1) is 16.9 Å². The molecule has 0 radical (unpaired) electrons. The Bertz CT molecular complexity index is 1130. The minimum Gasteiger partial charge on any atom is -0.478 e. The van der Waals surface area contributed by atoms with E-state index in [-0.39, 0.29) is 23.8 Å². The van der Waals surface area contributed by atoms with E-state index < -0.39 is 40.3 Å². The van der Waals surface area contributed by atoms with Gasteiger partial charge in [0.1, 0.15) is 16.6 Å². The van der Waals surface area contributed by atoms with E-state index >= 15 is 0 Å². The van der Waals surface area contributed by atoms with Gasteiger partial charge >= 0.3 is 12.1 Å². The highest BCUT2D eigenvalue weighted by atomic mass is 32.2. The fraction of sp³-hybridized carbons (Fsp3) is 0.300. The fourth-order valence-electron chi connectivity index (χ4n) is 3.54. The minimum absolute atomic E-state index is 0.0388. The zero-order valence-corrected chi connectivity index (χ0v) is 17.6. The molecule has 1 saturated heterocycles. The zero-order valence-electron chi connectivity index (χ0n) is 16.7. The summed E-state index contributed by atoms with van der Waals surface area (Å²) in [6, 6.07) is 5.78. The smallest absolute Gasteiger partial charge is 0.433 e. The number of carbonyl (C=O) groups excluding carboxylic acids is 1. The van der Waals surface area contributed by atoms with Crippen molar-refractivity contribution >= 4 is 39.3 Å². The van der Waals surface area contributed by atoms with Gasteiger partial charge in [-0.05, 0) is 30.5 Å². The number of carboxylic acids is 1. The van der Waals surface area contributed by atoms with E-state index in [0.29, 0.717) is 18.8 Å². The summed E-state index contributed by atoms with van der Waals surface area (Å²) in [5.41, 5.74) is -1.49. The Morgan fingerprint density at radius 1 is 1.28 bits per heavy atom. The van der Waals surface area contributed by atoms with Gasteiger partial charge < -0.3 is 20.4 Å². The number of amidine groups is 1. The summed E-state index contributed by atoms with van der Waals surface area (Å²) in [7, 11) is -0.924. The largest absolute Gasteiger partial charge is 0.478 e. The molecule has 170 valence electrons. The molecule has 1 unspecified atom stereocenters. The van der Waals surface area contributed by atoms with Gasteiger partial charge in [-0.3, -0.25) is 4.79 Å². The Morgan fingerprint density at radius 3 is 2.62 bits per heavy atom. The Kier molecular flexibility index (Phi) is 5.59. The third-order valence-electron chi connectivity index (χ3n) is 5.25. The number of aliphatic hydroxyl groups excluding tert-OH is 1. The number of pyridine rings is 1. The number of carbonyl (C=O) groups is 2. The summed E-state index contributed by atoms with van der Waals surface area (Å²) >= 11 is 0. The van der Waals surface area contributed by atoms with Crippen molar-refractivity contribution in [3.05, 3.63) is 47.3 Å². The number of rotatable bonds is 4. The molecule has 32 heavy (non-hydrogen) atoms. The van der Waals surface area contributed by atoms with E-state index in [2.05, 4.69) is 15.3 Å². The highest BCUT2D eigenvalue weighted by Gasteiger charge is 2.35. The molecular weight excluding hydrogens is 449 g/mol.